The van der Waals surface area contributed by atoms with Crippen LogP contribution in [0.4, 0.5) is 5.82 Å². The first kappa shape index (κ1) is 25.3. The van der Waals surface area contributed by atoms with E-state index in [0.29, 0.717) is 24.9 Å². The molecule has 35 heavy (non-hydrogen) atoms. The molecular weight excluding hydrogens is 466 g/mol. The van der Waals surface area contributed by atoms with Crippen molar-refractivity contribution in [1.29, 1.82) is 0 Å². The molecule has 3 heterocycles. The van der Waals surface area contributed by atoms with Crippen LogP contribution in [0.1, 0.15) is 35.7 Å². The third-order valence-corrected chi connectivity index (χ3v) is 8.74. The molecule has 1 aromatic heterocycles. The van der Waals surface area contributed by atoms with E-state index in [2.05, 4.69) is 27.1 Å². The highest BCUT2D eigenvalue weighted by Gasteiger charge is 2.32. The second-order valence-corrected chi connectivity index (χ2v) is 11.2. The van der Waals surface area contributed by atoms with Crippen molar-refractivity contribution in [3.8, 4) is 0 Å². The van der Waals surface area contributed by atoms with Gasteiger partial charge in [-0.1, -0.05) is 12.1 Å². The number of nitrogens with zero attached hydrogens (tertiary/aromatic N) is 4. The maximum absolute atomic E-state index is 13.0. The average molecular weight is 500 g/mol. The van der Waals surface area contributed by atoms with Gasteiger partial charge in [-0.05, 0) is 56.6 Å². The van der Waals surface area contributed by atoms with Crippen LogP contribution < -0.4 is 10.2 Å². The van der Waals surface area contributed by atoms with Gasteiger partial charge in [-0.25, -0.2) is 13.4 Å². The van der Waals surface area contributed by atoms with Gasteiger partial charge in [0.2, 0.25) is 15.9 Å². The third-order valence-electron chi connectivity index (χ3n) is 6.83. The molecule has 0 spiro atoms. The number of Topliss-reactive ketones (excluding diaryl/α,β-unsaturated/α-hetero) is 1. The number of carbonyl (C=O) groups excluding carboxylic acids is 2. The summed E-state index contributed by atoms with van der Waals surface area (Å²) < 4.78 is 27.3. The molecule has 2 aliphatic rings. The number of likely N-dealkylation sites (N-methyl/N-ethyl adjacent to an activating group) is 1. The number of piperazine rings is 1. The number of benzene rings is 1. The molecule has 4 rings (SSSR count). The van der Waals surface area contributed by atoms with Crippen LogP contribution in [0.5, 0.6) is 0 Å². The Morgan fingerprint density at radius 2 is 1.66 bits per heavy atom. The van der Waals surface area contributed by atoms with Gasteiger partial charge in [-0.2, -0.15) is 4.31 Å². The minimum absolute atomic E-state index is 0.0502. The Kier molecular flexibility index (Phi) is 7.83. The highest BCUT2D eigenvalue weighted by Crippen LogP contribution is 2.24. The van der Waals surface area contributed by atoms with Crippen LogP contribution in [0.25, 0.3) is 0 Å². The molecule has 0 unspecified atom stereocenters. The summed E-state index contributed by atoms with van der Waals surface area (Å²) in [5.41, 5.74) is 1.47. The summed E-state index contributed by atoms with van der Waals surface area (Å²) in [4.78, 5) is 33.4. The summed E-state index contributed by atoms with van der Waals surface area (Å²) in [5, 5.41) is 3.01. The van der Waals surface area contributed by atoms with E-state index in [9.17, 15) is 18.0 Å². The fraction of sp³-hybridized carbons (Fsp3) is 0.480. The molecule has 0 saturated carbocycles. The smallest absolute Gasteiger partial charge is 0.243 e. The molecule has 9 nitrogen and oxygen atoms in total. The molecule has 0 radical (unpaired) electrons. The minimum Gasteiger partial charge on any atom is -0.354 e. The lowest BCUT2D eigenvalue weighted by molar-refractivity contribution is -0.126. The van der Waals surface area contributed by atoms with Gasteiger partial charge in [0, 0.05) is 63.5 Å². The largest absolute Gasteiger partial charge is 0.354 e. The number of piperidine rings is 1. The van der Waals surface area contributed by atoms with Crippen molar-refractivity contribution >= 4 is 27.5 Å². The molecule has 0 aliphatic carbocycles. The van der Waals surface area contributed by atoms with Gasteiger partial charge in [-0.15, -0.1) is 0 Å². The predicted molar refractivity (Wildman–Crippen MR) is 134 cm³/mol. The third kappa shape index (κ3) is 6.06. The van der Waals surface area contributed by atoms with Crippen molar-refractivity contribution in [3.05, 3.63) is 53.7 Å². The second kappa shape index (κ2) is 10.8. The molecule has 1 N–H and O–H groups in total. The Morgan fingerprint density at radius 3 is 2.29 bits per heavy atom. The summed E-state index contributed by atoms with van der Waals surface area (Å²) in [6, 6.07) is 9.93. The Hall–Kier alpha value is -2.82. The summed E-state index contributed by atoms with van der Waals surface area (Å²) in [5.74, 6) is 0.550. The van der Waals surface area contributed by atoms with Gasteiger partial charge in [0.1, 0.15) is 5.82 Å². The summed E-state index contributed by atoms with van der Waals surface area (Å²) >= 11 is 0. The number of hydrogen-bond acceptors (Lipinski definition) is 7. The van der Waals surface area contributed by atoms with E-state index >= 15 is 0 Å². The van der Waals surface area contributed by atoms with E-state index in [-0.39, 0.29) is 35.6 Å². The van der Waals surface area contributed by atoms with Gasteiger partial charge in [-0.3, -0.25) is 9.59 Å². The lowest BCUT2D eigenvalue weighted by Crippen LogP contribution is -2.44. The number of ketones is 1. The zero-order valence-corrected chi connectivity index (χ0v) is 21.1. The Morgan fingerprint density at radius 1 is 1.00 bits per heavy atom. The Balaban J connectivity index is 1.28. The number of anilines is 1. The normalized spacial score (nSPS) is 18.4. The molecule has 10 heteroatoms. The van der Waals surface area contributed by atoms with Crippen molar-refractivity contribution in [2.24, 2.45) is 5.92 Å². The van der Waals surface area contributed by atoms with Crippen LogP contribution in [-0.2, 0) is 21.4 Å². The van der Waals surface area contributed by atoms with Crippen LogP contribution >= 0.6 is 0 Å². The number of carbonyl (C=O) groups is 2. The first-order valence-corrected chi connectivity index (χ1v) is 13.5. The van der Waals surface area contributed by atoms with Crippen molar-refractivity contribution in [1.82, 2.24) is 19.5 Å². The van der Waals surface area contributed by atoms with Gasteiger partial charge in [0.25, 0.3) is 0 Å². The van der Waals surface area contributed by atoms with Crippen molar-refractivity contribution in [2.75, 3.05) is 51.2 Å². The standard InChI is InChI=1S/C25H33N5O4S/c1-19(31)21-3-5-23(6-4-21)35(33,34)30-11-8-22(9-12-30)25(32)27-18-20-7-10-26-24(17-20)29-15-13-28(2)14-16-29/h3-7,10,17,22H,8-9,11-16,18H2,1-2H3,(H,27,32). The predicted octanol–water partition coefficient (Wildman–Crippen LogP) is 1.75. The highest BCUT2D eigenvalue weighted by molar-refractivity contribution is 7.89. The van der Waals surface area contributed by atoms with E-state index in [1.165, 1.54) is 35.5 Å². The average Bonchev–Trinajstić information content (AvgIpc) is 2.88. The first-order chi connectivity index (χ1) is 16.7. The second-order valence-electron chi connectivity index (χ2n) is 9.29. The molecule has 2 aliphatic heterocycles. The number of pyridine rings is 1. The van der Waals surface area contributed by atoms with E-state index in [1.807, 2.05) is 12.1 Å². The fourth-order valence-corrected chi connectivity index (χ4v) is 5.95. The molecule has 188 valence electrons. The quantitative estimate of drug-likeness (QED) is 0.579. The van der Waals surface area contributed by atoms with Crippen LogP contribution in [0.3, 0.4) is 0 Å². The van der Waals surface area contributed by atoms with E-state index in [1.54, 1.807) is 6.20 Å². The van der Waals surface area contributed by atoms with Crippen LogP contribution in [0.2, 0.25) is 0 Å². The van der Waals surface area contributed by atoms with E-state index in [4.69, 9.17) is 0 Å². The molecular formula is C25H33N5O4S. The zero-order valence-electron chi connectivity index (χ0n) is 20.3. The minimum atomic E-state index is -3.65. The molecule has 2 fully saturated rings. The van der Waals surface area contributed by atoms with Crippen LogP contribution in [-0.4, -0.2) is 80.6 Å². The molecule has 2 aromatic rings. The van der Waals surface area contributed by atoms with Gasteiger partial charge < -0.3 is 15.1 Å². The summed E-state index contributed by atoms with van der Waals surface area (Å²) in [6.07, 6.45) is 2.72. The highest BCUT2D eigenvalue weighted by atomic mass is 32.2. The monoisotopic (exact) mass is 499 g/mol. The van der Waals surface area contributed by atoms with Crippen molar-refractivity contribution in [3.63, 3.8) is 0 Å². The number of amides is 1. The van der Waals surface area contributed by atoms with Gasteiger partial charge >= 0.3 is 0 Å². The zero-order chi connectivity index (χ0) is 25.0. The molecule has 1 aromatic carbocycles. The molecule has 1 amide bonds. The number of hydrogen-bond donors (Lipinski definition) is 1. The van der Waals surface area contributed by atoms with Gasteiger partial charge in [0.05, 0.1) is 4.90 Å². The van der Waals surface area contributed by atoms with Crippen molar-refractivity contribution in [2.45, 2.75) is 31.2 Å². The Bertz CT molecular complexity index is 1150. The lowest BCUT2D eigenvalue weighted by Gasteiger charge is -2.33. The number of aromatic nitrogens is 1. The van der Waals surface area contributed by atoms with E-state index in [0.717, 1.165) is 37.6 Å². The molecule has 0 atom stereocenters. The van der Waals surface area contributed by atoms with E-state index < -0.39 is 10.0 Å². The number of sulfonamides is 1. The SMILES string of the molecule is CC(=O)c1ccc(S(=O)(=O)N2CCC(C(=O)NCc3ccnc(N4CCN(C)CC4)c3)CC2)cc1. The first-order valence-electron chi connectivity index (χ1n) is 12.0. The number of nitrogens with one attached hydrogen (secondary N) is 1. The maximum Gasteiger partial charge on any atom is 0.243 e. The summed E-state index contributed by atoms with van der Waals surface area (Å²) in [7, 11) is -1.54. The van der Waals surface area contributed by atoms with Crippen LogP contribution in [0.15, 0.2) is 47.5 Å². The van der Waals surface area contributed by atoms with Gasteiger partial charge in [0.15, 0.2) is 5.78 Å². The van der Waals surface area contributed by atoms with Crippen LogP contribution in [0, 0.1) is 5.92 Å². The molecule has 2 saturated heterocycles. The van der Waals surface area contributed by atoms with Crippen molar-refractivity contribution < 1.29 is 18.0 Å². The summed E-state index contributed by atoms with van der Waals surface area (Å²) in [6.45, 7) is 6.31. The maximum atomic E-state index is 13.0. The lowest BCUT2D eigenvalue weighted by atomic mass is 9.97. The Labute approximate surface area is 207 Å². The molecule has 0 bridgehead atoms. The topological polar surface area (TPSA) is 103 Å². The number of rotatable bonds is 7. The fourth-order valence-electron chi connectivity index (χ4n) is 4.48.